The summed E-state index contributed by atoms with van der Waals surface area (Å²) in [6.45, 7) is 0.335. The number of rotatable bonds is 4. The van der Waals surface area contributed by atoms with Crippen molar-refractivity contribution in [3.8, 4) is 0 Å². The first-order valence-electron chi connectivity index (χ1n) is 7.55. The number of amides is 1. The first kappa shape index (κ1) is 15.9. The first-order chi connectivity index (χ1) is 11.6. The normalized spacial score (nSPS) is 10.8. The highest BCUT2D eigenvalue weighted by Gasteiger charge is 2.15. The Morgan fingerprint density at radius 3 is 2.62 bits per heavy atom. The quantitative estimate of drug-likeness (QED) is 0.798. The number of para-hydroxylation sites is 1. The van der Waals surface area contributed by atoms with Gasteiger partial charge in [0.15, 0.2) is 5.69 Å². The van der Waals surface area contributed by atoms with Gasteiger partial charge in [0.25, 0.3) is 5.91 Å². The van der Waals surface area contributed by atoms with Crippen LogP contribution in [0.3, 0.4) is 0 Å². The summed E-state index contributed by atoms with van der Waals surface area (Å²) in [5.74, 6) is -0.810. The van der Waals surface area contributed by atoms with E-state index in [9.17, 15) is 14.0 Å². The van der Waals surface area contributed by atoms with Crippen LogP contribution < -0.4 is 10.7 Å². The van der Waals surface area contributed by atoms with E-state index in [0.717, 1.165) is 5.56 Å². The molecule has 0 aliphatic rings. The van der Waals surface area contributed by atoms with Gasteiger partial charge in [-0.3, -0.25) is 14.3 Å². The van der Waals surface area contributed by atoms with Crippen molar-refractivity contribution in [3.05, 3.63) is 75.8 Å². The van der Waals surface area contributed by atoms with Crippen molar-refractivity contribution in [2.45, 2.75) is 6.42 Å². The van der Waals surface area contributed by atoms with Crippen LogP contribution in [0.2, 0.25) is 0 Å². The van der Waals surface area contributed by atoms with Gasteiger partial charge in [-0.05, 0) is 36.2 Å². The highest BCUT2D eigenvalue weighted by Crippen LogP contribution is 2.08. The first-order valence-corrected chi connectivity index (χ1v) is 7.55. The van der Waals surface area contributed by atoms with Gasteiger partial charge in [0.1, 0.15) is 5.82 Å². The van der Waals surface area contributed by atoms with Crippen molar-refractivity contribution in [1.29, 1.82) is 0 Å². The highest BCUT2D eigenvalue weighted by molar-refractivity contribution is 5.95. The molecular weight excluding hydrogens is 309 g/mol. The number of fused-ring (bicyclic) bond motifs is 1. The molecule has 1 heterocycles. The summed E-state index contributed by atoms with van der Waals surface area (Å²) in [7, 11) is 1.69. The Kier molecular flexibility index (Phi) is 4.37. The minimum absolute atomic E-state index is 0.129. The SMILES string of the molecule is Cn1nc(C(=O)NCCc2ccc(F)cc2)c(=O)c2ccccc21. The summed E-state index contributed by atoms with van der Waals surface area (Å²) < 4.78 is 14.4. The maximum absolute atomic E-state index is 12.9. The number of nitrogens with zero attached hydrogens (tertiary/aromatic N) is 2. The third-order valence-electron chi connectivity index (χ3n) is 3.79. The average molecular weight is 325 g/mol. The Hall–Kier alpha value is -3.02. The summed E-state index contributed by atoms with van der Waals surface area (Å²) >= 11 is 0. The molecule has 0 fully saturated rings. The minimum Gasteiger partial charge on any atom is -0.350 e. The van der Waals surface area contributed by atoms with E-state index in [2.05, 4.69) is 10.4 Å². The molecule has 0 aliphatic heterocycles. The molecule has 1 N–H and O–H groups in total. The maximum atomic E-state index is 12.9. The van der Waals surface area contributed by atoms with E-state index >= 15 is 0 Å². The smallest absolute Gasteiger partial charge is 0.275 e. The van der Waals surface area contributed by atoms with Crippen molar-refractivity contribution in [3.63, 3.8) is 0 Å². The molecule has 122 valence electrons. The number of carbonyl (C=O) groups excluding carboxylic acids is 1. The van der Waals surface area contributed by atoms with Crippen molar-refractivity contribution in [1.82, 2.24) is 15.1 Å². The van der Waals surface area contributed by atoms with Crippen molar-refractivity contribution < 1.29 is 9.18 Å². The Labute approximate surface area is 137 Å². The lowest BCUT2D eigenvalue weighted by Gasteiger charge is -2.08. The van der Waals surface area contributed by atoms with Crippen molar-refractivity contribution in [2.24, 2.45) is 7.05 Å². The van der Waals surface area contributed by atoms with Gasteiger partial charge in [0.2, 0.25) is 5.43 Å². The van der Waals surface area contributed by atoms with Crippen LogP contribution in [-0.2, 0) is 13.5 Å². The molecule has 0 spiro atoms. The standard InChI is InChI=1S/C18H16FN3O2/c1-22-15-5-3-2-4-14(15)17(23)16(21-22)18(24)20-11-10-12-6-8-13(19)9-7-12/h2-9H,10-11H2,1H3,(H,20,24). The number of benzene rings is 2. The lowest BCUT2D eigenvalue weighted by atomic mass is 10.1. The number of halogens is 1. The van der Waals surface area contributed by atoms with Crippen LogP contribution in [0.15, 0.2) is 53.3 Å². The van der Waals surface area contributed by atoms with E-state index < -0.39 is 5.91 Å². The number of aromatic nitrogens is 2. The van der Waals surface area contributed by atoms with E-state index in [-0.39, 0.29) is 16.9 Å². The van der Waals surface area contributed by atoms with Gasteiger partial charge in [-0.1, -0.05) is 24.3 Å². The van der Waals surface area contributed by atoms with Gasteiger partial charge in [-0.25, -0.2) is 4.39 Å². The predicted octanol–water partition coefficient (Wildman–Crippen LogP) is 2.05. The fourth-order valence-corrected chi connectivity index (χ4v) is 2.53. The molecular formula is C18H16FN3O2. The second-order valence-electron chi connectivity index (χ2n) is 5.45. The molecule has 24 heavy (non-hydrogen) atoms. The molecule has 5 nitrogen and oxygen atoms in total. The van der Waals surface area contributed by atoms with Crippen LogP contribution in [-0.4, -0.2) is 22.2 Å². The molecule has 0 unspecified atom stereocenters. The Balaban J connectivity index is 1.75. The third kappa shape index (κ3) is 3.17. The van der Waals surface area contributed by atoms with E-state index in [1.54, 1.807) is 37.4 Å². The lowest BCUT2D eigenvalue weighted by molar-refractivity contribution is 0.0946. The largest absolute Gasteiger partial charge is 0.350 e. The molecule has 0 saturated heterocycles. The predicted molar refractivity (Wildman–Crippen MR) is 89.4 cm³/mol. The van der Waals surface area contributed by atoms with Crippen LogP contribution in [0.1, 0.15) is 16.1 Å². The molecule has 0 aliphatic carbocycles. The van der Waals surface area contributed by atoms with Gasteiger partial charge < -0.3 is 5.32 Å². The van der Waals surface area contributed by atoms with Crippen LogP contribution in [0.5, 0.6) is 0 Å². The zero-order chi connectivity index (χ0) is 17.1. The molecule has 0 saturated carbocycles. The lowest BCUT2D eigenvalue weighted by Crippen LogP contribution is -2.33. The molecule has 0 radical (unpaired) electrons. The number of hydrogen-bond acceptors (Lipinski definition) is 3. The molecule has 6 heteroatoms. The number of aryl methyl sites for hydroxylation is 1. The summed E-state index contributed by atoms with van der Waals surface area (Å²) in [6, 6.07) is 13.1. The monoisotopic (exact) mass is 325 g/mol. The Bertz CT molecular complexity index is 949. The van der Waals surface area contributed by atoms with E-state index in [4.69, 9.17) is 0 Å². The topological polar surface area (TPSA) is 64.0 Å². The Morgan fingerprint density at radius 2 is 1.88 bits per heavy atom. The summed E-state index contributed by atoms with van der Waals surface area (Å²) in [5, 5.41) is 7.22. The van der Waals surface area contributed by atoms with Crippen LogP contribution in [0.4, 0.5) is 4.39 Å². The van der Waals surface area contributed by atoms with E-state index in [0.29, 0.717) is 23.9 Å². The zero-order valence-electron chi connectivity index (χ0n) is 13.1. The van der Waals surface area contributed by atoms with E-state index in [1.165, 1.54) is 16.8 Å². The molecule has 0 bridgehead atoms. The Morgan fingerprint density at radius 1 is 1.17 bits per heavy atom. The fourth-order valence-electron chi connectivity index (χ4n) is 2.53. The summed E-state index contributed by atoms with van der Waals surface area (Å²) in [4.78, 5) is 24.7. The molecule has 2 aromatic carbocycles. The van der Waals surface area contributed by atoms with E-state index in [1.807, 2.05) is 6.07 Å². The summed E-state index contributed by atoms with van der Waals surface area (Å²) in [5.41, 5.74) is 1.06. The highest BCUT2D eigenvalue weighted by atomic mass is 19.1. The second-order valence-corrected chi connectivity index (χ2v) is 5.45. The second kappa shape index (κ2) is 6.62. The van der Waals surface area contributed by atoms with Gasteiger partial charge in [-0.15, -0.1) is 0 Å². The molecule has 3 rings (SSSR count). The molecule has 0 atom stereocenters. The molecule has 3 aromatic rings. The van der Waals surface area contributed by atoms with Crippen LogP contribution in [0, 0.1) is 5.82 Å². The van der Waals surface area contributed by atoms with Gasteiger partial charge >= 0.3 is 0 Å². The fraction of sp³-hybridized carbons (Fsp3) is 0.167. The zero-order valence-corrected chi connectivity index (χ0v) is 13.1. The third-order valence-corrected chi connectivity index (χ3v) is 3.79. The van der Waals surface area contributed by atoms with Crippen LogP contribution >= 0.6 is 0 Å². The van der Waals surface area contributed by atoms with Gasteiger partial charge in [0.05, 0.1) is 5.52 Å². The number of hydrogen-bond donors (Lipinski definition) is 1. The van der Waals surface area contributed by atoms with Gasteiger partial charge in [-0.2, -0.15) is 5.10 Å². The number of carbonyl (C=O) groups is 1. The van der Waals surface area contributed by atoms with Crippen molar-refractivity contribution >= 4 is 16.8 Å². The maximum Gasteiger partial charge on any atom is 0.275 e. The van der Waals surface area contributed by atoms with Gasteiger partial charge in [0, 0.05) is 19.0 Å². The van der Waals surface area contributed by atoms with Crippen molar-refractivity contribution in [2.75, 3.05) is 6.54 Å². The summed E-state index contributed by atoms with van der Waals surface area (Å²) in [6.07, 6.45) is 0.542. The molecule has 1 amide bonds. The average Bonchev–Trinajstić information content (AvgIpc) is 2.60. The minimum atomic E-state index is -0.511. The van der Waals surface area contributed by atoms with Crippen LogP contribution in [0.25, 0.3) is 10.9 Å². The number of nitrogens with one attached hydrogen (secondary N) is 1. The molecule has 1 aromatic heterocycles.